The molecule has 1 fully saturated rings. The van der Waals surface area contributed by atoms with Crippen molar-refractivity contribution >= 4 is 11.6 Å². The van der Waals surface area contributed by atoms with Gasteiger partial charge in [-0.2, -0.15) is 0 Å². The lowest BCUT2D eigenvalue weighted by Gasteiger charge is -2.25. The monoisotopic (exact) mass is 274 g/mol. The molecule has 1 saturated heterocycles. The van der Waals surface area contributed by atoms with Crippen LogP contribution in [0.25, 0.3) is 5.65 Å². The third-order valence-corrected chi connectivity index (χ3v) is 3.86. The molecular weight excluding hydrogens is 256 g/mol. The molecule has 1 unspecified atom stereocenters. The Labute approximate surface area is 117 Å². The van der Waals surface area contributed by atoms with Crippen LogP contribution in [0.4, 0.5) is 0 Å². The first-order valence-electron chi connectivity index (χ1n) is 6.92. The molecule has 2 aromatic rings. The maximum absolute atomic E-state index is 11.2. The van der Waals surface area contributed by atoms with Crippen LogP contribution in [-0.2, 0) is 0 Å². The molecule has 6 heteroatoms. The summed E-state index contributed by atoms with van der Waals surface area (Å²) in [7, 11) is 0. The molecule has 106 valence electrons. The van der Waals surface area contributed by atoms with Crippen molar-refractivity contribution in [3.63, 3.8) is 0 Å². The van der Waals surface area contributed by atoms with E-state index in [1.54, 1.807) is 22.8 Å². The Morgan fingerprint density at radius 1 is 1.50 bits per heavy atom. The molecule has 1 aliphatic heterocycles. The summed E-state index contributed by atoms with van der Waals surface area (Å²) < 4.78 is 1.57. The van der Waals surface area contributed by atoms with Gasteiger partial charge in [0, 0.05) is 12.2 Å². The second-order valence-electron chi connectivity index (χ2n) is 5.45. The summed E-state index contributed by atoms with van der Waals surface area (Å²) in [5.41, 5.74) is 0.617. The van der Waals surface area contributed by atoms with Crippen molar-refractivity contribution < 1.29 is 9.90 Å². The molecular formula is C14H18N4O2. The Bertz CT molecular complexity index is 650. The number of aromatic nitrogens is 3. The zero-order chi connectivity index (χ0) is 14.3. The molecule has 6 nitrogen and oxygen atoms in total. The van der Waals surface area contributed by atoms with E-state index in [0.717, 1.165) is 25.2 Å². The number of carboxylic acid groups (broad SMARTS) is 1. The topological polar surface area (TPSA) is 70.7 Å². The number of carbonyl (C=O) groups is 1. The molecule has 3 rings (SSSR count). The summed E-state index contributed by atoms with van der Waals surface area (Å²) in [4.78, 5) is 18.1. The Morgan fingerprint density at radius 3 is 3.00 bits per heavy atom. The van der Waals surface area contributed by atoms with Gasteiger partial charge in [0.15, 0.2) is 11.5 Å². The highest BCUT2D eigenvalue weighted by molar-refractivity contribution is 5.94. The first-order valence-corrected chi connectivity index (χ1v) is 6.92. The number of pyridine rings is 1. The van der Waals surface area contributed by atoms with Gasteiger partial charge in [-0.15, -0.1) is 5.10 Å². The van der Waals surface area contributed by atoms with Crippen LogP contribution < -0.4 is 0 Å². The number of rotatable bonds is 3. The number of hydrogen-bond acceptors (Lipinski definition) is 4. The molecule has 2 aromatic heterocycles. The third kappa shape index (κ3) is 2.06. The number of nitrogens with zero attached hydrogens (tertiary/aromatic N) is 4. The van der Waals surface area contributed by atoms with Crippen LogP contribution in [0.5, 0.6) is 0 Å². The summed E-state index contributed by atoms with van der Waals surface area (Å²) in [5, 5.41) is 13.7. The molecule has 20 heavy (non-hydrogen) atoms. The van der Waals surface area contributed by atoms with E-state index in [1.165, 1.54) is 0 Å². The SMILES string of the molecule is CC(C)N1CCCC1c1nc2c(C(=O)O)cccn2n1. The Hall–Kier alpha value is -1.95. The van der Waals surface area contributed by atoms with Gasteiger partial charge >= 0.3 is 5.97 Å². The quantitative estimate of drug-likeness (QED) is 0.926. The van der Waals surface area contributed by atoms with Crippen LogP contribution in [0.1, 0.15) is 48.9 Å². The summed E-state index contributed by atoms with van der Waals surface area (Å²) >= 11 is 0. The summed E-state index contributed by atoms with van der Waals surface area (Å²) in [6, 6.07) is 3.87. The van der Waals surface area contributed by atoms with E-state index < -0.39 is 5.97 Å². The van der Waals surface area contributed by atoms with E-state index in [4.69, 9.17) is 0 Å². The fourth-order valence-corrected chi connectivity index (χ4v) is 2.92. The van der Waals surface area contributed by atoms with Gasteiger partial charge in [-0.05, 0) is 45.4 Å². The van der Waals surface area contributed by atoms with E-state index >= 15 is 0 Å². The zero-order valence-corrected chi connectivity index (χ0v) is 11.7. The molecule has 0 amide bonds. The van der Waals surface area contributed by atoms with E-state index in [0.29, 0.717) is 11.7 Å². The standard InChI is InChI=1S/C14H18N4O2/c1-9(2)17-7-4-6-11(17)12-15-13-10(14(19)20)5-3-8-18(13)16-12/h3,5,8-9,11H,4,6-7H2,1-2H3,(H,19,20). The Morgan fingerprint density at radius 2 is 2.30 bits per heavy atom. The van der Waals surface area contributed by atoms with E-state index in [2.05, 4.69) is 28.8 Å². The van der Waals surface area contributed by atoms with Crippen molar-refractivity contribution in [3.8, 4) is 0 Å². The fraction of sp³-hybridized carbons (Fsp3) is 0.500. The number of hydrogen-bond donors (Lipinski definition) is 1. The van der Waals surface area contributed by atoms with Crippen molar-refractivity contribution in [1.82, 2.24) is 19.5 Å². The highest BCUT2D eigenvalue weighted by Gasteiger charge is 2.31. The van der Waals surface area contributed by atoms with Crippen LogP contribution >= 0.6 is 0 Å². The second-order valence-corrected chi connectivity index (χ2v) is 5.45. The minimum absolute atomic E-state index is 0.191. The van der Waals surface area contributed by atoms with Gasteiger partial charge in [-0.3, -0.25) is 4.90 Å². The third-order valence-electron chi connectivity index (χ3n) is 3.86. The largest absolute Gasteiger partial charge is 0.478 e. The molecule has 3 heterocycles. The van der Waals surface area contributed by atoms with Gasteiger partial charge in [-0.1, -0.05) is 0 Å². The number of aromatic carboxylic acids is 1. The van der Waals surface area contributed by atoms with E-state index in [1.807, 2.05) is 0 Å². The smallest absolute Gasteiger partial charge is 0.339 e. The summed E-state index contributed by atoms with van der Waals surface area (Å²) in [5.74, 6) is -0.244. The van der Waals surface area contributed by atoms with Gasteiger partial charge in [0.05, 0.1) is 6.04 Å². The number of fused-ring (bicyclic) bond motifs is 1. The Balaban J connectivity index is 2.05. The predicted octanol–water partition coefficient (Wildman–Crippen LogP) is 1.97. The molecule has 1 atom stereocenters. The lowest BCUT2D eigenvalue weighted by molar-refractivity contribution is 0.0698. The van der Waals surface area contributed by atoms with Gasteiger partial charge in [0.25, 0.3) is 0 Å². The van der Waals surface area contributed by atoms with Crippen LogP contribution in [-0.4, -0.2) is 43.2 Å². The van der Waals surface area contributed by atoms with Crippen molar-refractivity contribution in [2.24, 2.45) is 0 Å². The highest BCUT2D eigenvalue weighted by Crippen LogP contribution is 2.32. The maximum atomic E-state index is 11.2. The number of likely N-dealkylation sites (tertiary alicyclic amines) is 1. The van der Waals surface area contributed by atoms with E-state index in [9.17, 15) is 9.90 Å². The average molecular weight is 274 g/mol. The van der Waals surface area contributed by atoms with Gasteiger partial charge < -0.3 is 5.11 Å². The lowest BCUT2D eigenvalue weighted by Crippen LogP contribution is -2.30. The van der Waals surface area contributed by atoms with Crippen LogP contribution in [0.3, 0.4) is 0 Å². The number of carboxylic acids is 1. The van der Waals surface area contributed by atoms with Crippen molar-refractivity contribution in [2.45, 2.75) is 38.8 Å². The van der Waals surface area contributed by atoms with Crippen LogP contribution in [0, 0.1) is 0 Å². The molecule has 1 aliphatic rings. The molecule has 0 bridgehead atoms. The highest BCUT2D eigenvalue weighted by atomic mass is 16.4. The van der Waals surface area contributed by atoms with Gasteiger partial charge in [0.1, 0.15) is 5.56 Å². The average Bonchev–Trinajstić information content (AvgIpc) is 3.03. The van der Waals surface area contributed by atoms with Crippen molar-refractivity contribution in [3.05, 3.63) is 29.7 Å². The van der Waals surface area contributed by atoms with E-state index in [-0.39, 0.29) is 11.6 Å². The summed E-state index contributed by atoms with van der Waals surface area (Å²) in [6.07, 6.45) is 3.90. The second kappa shape index (κ2) is 4.86. The first kappa shape index (κ1) is 13.1. The Kier molecular flexibility index (Phi) is 3.17. The molecule has 0 spiro atoms. The normalized spacial score (nSPS) is 20.1. The van der Waals surface area contributed by atoms with Crippen molar-refractivity contribution in [1.29, 1.82) is 0 Å². The predicted molar refractivity (Wildman–Crippen MR) is 73.8 cm³/mol. The molecule has 1 N–H and O–H groups in total. The minimum Gasteiger partial charge on any atom is -0.478 e. The lowest BCUT2D eigenvalue weighted by atomic mass is 10.2. The zero-order valence-electron chi connectivity index (χ0n) is 11.7. The maximum Gasteiger partial charge on any atom is 0.339 e. The first-order chi connectivity index (χ1) is 9.58. The fourth-order valence-electron chi connectivity index (χ4n) is 2.92. The molecule has 0 aromatic carbocycles. The van der Waals surface area contributed by atoms with Crippen LogP contribution in [0.2, 0.25) is 0 Å². The minimum atomic E-state index is -0.971. The molecule has 0 radical (unpaired) electrons. The van der Waals surface area contributed by atoms with Crippen molar-refractivity contribution in [2.75, 3.05) is 6.54 Å². The van der Waals surface area contributed by atoms with Crippen LogP contribution in [0.15, 0.2) is 18.3 Å². The van der Waals surface area contributed by atoms with Gasteiger partial charge in [0.2, 0.25) is 0 Å². The summed E-state index contributed by atoms with van der Waals surface area (Å²) in [6.45, 7) is 5.37. The van der Waals surface area contributed by atoms with Gasteiger partial charge in [-0.25, -0.2) is 14.3 Å². The molecule has 0 aliphatic carbocycles. The molecule has 0 saturated carbocycles.